The van der Waals surface area contributed by atoms with E-state index in [4.69, 9.17) is 4.74 Å². The fraction of sp³-hybridized carbons (Fsp3) is 0.300. The van der Waals surface area contributed by atoms with Gasteiger partial charge in [0.15, 0.2) is 11.9 Å². The van der Waals surface area contributed by atoms with Crippen molar-refractivity contribution in [2.45, 2.75) is 19.4 Å². The van der Waals surface area contributed by atoms with Crippen LogP contribution in [-0.4, -0.2) is 16.9 Å². The molecule has 0 unspecified atom stereocenters. The van der Waals surface area contributed by atoms with Crippen LogP contribution in [0.15, 0.2) is 18.2 Å². The molecule has 1 aromatic carbocycles. The summed E-state index contributed by atoms with van der Waals surface area (Å²) in [6, 6.07) is 4.11. The Balaban J connectivity index is 2.37. The summed E-state index contributed by atoms with van der Waals surface area (Å²) in [7, 11) is 0. The molecular formula is C10H10N2O4. The lowest BCUT2D eigenvalue weighted by Gasteiger charge is -2.24. The first-order valence-corrected chi connectivity index (χ1v) is 4.87. The summed E-state index contributed by atoms with van der Waals surface area (Å²) < 4.78 is 5.37. The number of amides is 1. The number of fused-ring (bicyclic) bond motifs is 1. The largest absolute Gasteiger partial charge is 0.478 e. The van der Waals surface area contributed by atoms with Crippen molar-refractivity contribution in [3.8, 4) is 5.75 Å². The summed E-state index contributed by atoms with van der Waals surface area (Å²) in [6.07, 6.45) is -0.0527. The molecular weight excluding hydrogens is 212 g/mol. The molecule has 84 valence electrons. The van der Waals surface area contributed by atoms with Crippen molar-refractivity contribution in [3.63, 3.8) is 0 Å². The van der Waals surface area contributed by atoms with E-state index >= 15 is 0 Å². The number of carbonyl (C=O) groups excluding carboxylic acids is 1. The van der Waals surface area contributed by atoms with Crippen molar-refractivity contribution in [1.29, 1.82) is 0 Å². The molecule has 0 fully saturated rings. The van der Waals surface area contributed by atoms with Crippen LogP contribution in [0.2, 0.25) is 0 Å². The van der Waals surface area contributed by atoms with Crippen LogP contribution in [0, 0.1) is 10.1 Å². The van der Waals surface area contributed by atoms with Crippen LogP contribution in [0.1, 0.15) is 13.3 Å². The molecule has 1 heterocycles. The van der Waals surface area contributed by atoms with E-state index in [1.54, 1.807) is 0 Å². The zero-order valence-electron chi connectivity index (χ0n) is 8.60. The van der Waals surface area contributed by atoms with Gasteiger partial charge in [-0.05, 0) is 12.5 Å². The number of hydrogen-bond donors (Lipinski definition) is 1. The number of benzene rings is 1. The van der Waals surface area contributed by atoms with E-state index in [9.17, 15) is 14.9 Å². The minimum Gasteiger partial charge on any atom is -0.478 e. The Labute approximate surface area is 91.4 Å². The van der Waals surface area contributed by atoms with Crippen molar-refractivity contribution >= 4 is 17.3 Å². The van der Waals surface area contributed by atoms with Crippen molar-refractivity contribution in [2.75, 3.05) is 5.32 Å². The highest BCUT2D eigenvalue weighted by molar-refractivity contribution is 5.97. The minimum atomic E-state index is -0.575. The van der Waals surface area contributed by atoms with E-state index in [1.165, 1.54) is 18.2 Å². The van der Waals surface area contributed by atoms with Crippen LogP contribution in [0.25, 0.3) is 0 Å². The molecule has 2 rings (SSSR count). The normalized spacial score (nSPS) is 18.3. The molecule has 0 spiro atoms. The van der Waals surface area contributed by atoms with Gasteiger partial charge in [0.2, 0.25) is 0 Å². The zero-order valence-corrected chi connectivity index (χ0v) is 8.60. The lowest BCUT2D eigenvalue weighted by molar-refractivity contribution is -0.384. The maximum atomic E-state index is 11.4. The lowest BCUT2D eigenvalue weighted by atomic mass is 10.2. The standard InChI is InChI=1S/C10H10N2O4/c1-2-8-10(13)11-7-4-3-6(12(14)15)5-9(7)16-8/h3-5,8H,2H2,1H3,(H,11,13)/t8-/m1/s1. The molecule has 16 heavy (non-hydrogen) atoms. The molecule has 6 heteroatoms. The van der Waals surface area contributed by atoms with E-state index in [0.29, 0.717) is 17.9 Å². The number of carbonyl (C=O) groups is 1. The zero-order chi connectivity index (χ0) is 11.7. The number of nitro groups is 1. The van der Waals surface area contributed by atoms with Crippen LogP contribution < -0.4 is 10.1 Å². The first kappa shape index (κ1) is 10.4. The van der Waals surface area contributed by atoms with Gasteiger partial charge in [0.25, 0.3) is 11.6 Å². The van der Waals surface area contributed by atoms with Gasteiger partial charge in [-0.15, -0.1) is 0 Å². The van der Waals surface area contributed by atoms with E-state index in [1.807, 2.05) is 6.92 Å². The Morgan fingerprint density at radius 2 is 2.31 bits per heavy atom. The third-order valence-electron chi connectivity index (χ3n) is 2.37. The number of anilines is 1. The topological polar surface area (TPSA) is 81.5 Å². The molecule has 0 radical (unpaired) electrons. The molecule has 1 aromatic rings. The first-order chi connectivity index (χ1) is 7.61. The second-order valence-corrected chi connectivity index (χ2v) is 3.44. The molecule has 1 aliphatic rings. The summed E-state index contributed by atoms with van der Waals surface area (Å²) in [4.78, 5) is 21.5. The van der Waals surface area contributed by atoms with Crippen LogP contribution in [-0.2, 0) is 4.79 Å². The predicted molar refractivity (Wildman–Crippen MR) is 56.4 cm³/mol. The molecule has 1 atom stereocenters. The number of rotatable bonds is 2. The van der Waals surface area contributed by atoms with E-state index in [0.717, 1.165) is 0 Å². The number of non-ortho nitro benzene ring substituents is 1. The van der Waals surface area contributed by atoms with E-state index in [-0.39, 0.29) is 11.6 Å². The van der Waals surface area contributed by atoms with Crippen molar-refractivity contribution < 1.29 is 14.5 Å². The Bertz CT molecular complexity index is 458. The molecule has 0 aromatic heterocycles. The van der Waals surface area contributed by atoms with Gasteiger partial charge in [-0.25, -0.2) is 0 Å². The number of nitrogens with one attached hydrogen (secondary N) is 1. The predicted octanol–water partition coefficient (Wildman–Crippen LogP) is 1.70. The van der Waals surface area contributed by atoms with Gasteiger partial charge in [-0.3, -0.25) is 14.9 Å². The van der Waals surface area contributed by atoms with Gasteiger partial charge in [-0.2, -0.15) is 0 Å². The number of ether oxygens (including phenoxy) is 1. The molecule has 0 saturated heterocycles. The molecule has 0 aliphatic carbocycles. The van der Waals surface area contributed by atoms with Crippen molar-refractivity contribution in [2.24, 2.45) is 0 Å². The Morgan fingerprint density at radius 1 is 1.56 bits per heavy atom. The van der Waals surface area contributed by atoms with Crippen molar-refractivity contribution in [1.82, 2.24) is 0 Å². The van der Waals surface area contributed by atoms with Gasteiger partial charge in [0.05, 0.1) is 16.7 Å². The Morgan fingerprint density at radius 3 is 2.94 bits per heavy atom. The maximum Gasteiger partial charge on any atom is 0.273 e. The highest BCUT2D eigenvalue weighted by atomic mass is 16.6. The molecule has 1 amide bonds. The SMILES string of the molecule is CC[C@H]1Oc2cc([N+](=O)[O-])ccc2NC1=O. The highest BCUT2D eigenvalue weighted by Crippen LogP contribution is 2.33. The average molecular weight is 222 g/mol. The van der Waals surface area contributed by atoms with Crippen LogP contribution in [0.4, 0.5) is 11.4 Å². The summed E-state index contributed by atoms with van der Waals surface area (Å²) in [5.74, 6) is 0.129. The Hall–Kier alpha value is -2.11. The number of nitrogens with zero attached hydrogens (tertiary/aromatic N) is 1. The van der Waals surface area contributed by atoms with Gasteiger partial charge in [0, 0.05) is 6.07 Å². The first-order valence-electron chi connectivity index (χ1n) is 4.87. The molecule has 1 aliphatic heterocycles. The summed E-state index contributed by atoms with van der Waals surface area (Å²) >= 11 is 0. The molecule has 0 saturated carbocycles. The van der Waals surface area contributed by atoms with Gasteiger partial charge < -0.3 is 10.1 Å². The third kappa shape index (κ3) is 1.69. The fourth-order valence-corrected chi connectivity index (χ4v) is 1.51. The monoisotopic (exact) mass is 222 g/mol. The van der Waals surface area contributed by atoms with Crippen LogP contribution >= 0.6 is 0 Å². The van der Waals surface area contributed by atoms with E-state index in [2.05, 4.69) is 5.32 Å². The summed E-state index contributed by atoms with van der Waals surface area (Å²) in [5, 5.41) is 13.2. The summed E-state index contributed by atoms with van der Waals surface area (Å²) in [5.41, 5.74) is 0.421. The van der Waals surface area contributed by atoms with Gasteiger partial charge in [-0.1, -0.05) is 6.92 Å². The fourth-order valence-electron chi connectivity index (χ4n) is 1.51. The second-order valence-electron chi connectivity index (χ2n) is 3.44. The third-order valence-corrected chi connectivity index (χ3v) is 2.37. The molecule has 6 nitrogen and oxygen atoms in total. The van der Waals surface area contributed by atoms with Gasteiger partial charge in [0.1, 0.15) is 0 Å². The van der Waals surface area contributed by atoms with E-state index < -0.39 is 11.0 Å². The van der Waals surface area contributed by atoms with Crippen LogP contribution in [0.5, 0.6) is 5.75 Å². The number of hydrogen-bond acceptors (Lipinski definition) is 4. The van der Waals surface area contributed by atoms with Crippen LogP contribution in [0.3, 0.4) is 0 Å². The Kier molecular flexibility index (Phi) is 2.47. The smallest absolute Gasteiger partial charge is 0.273 e. The minimum absolute atomic E-state index is 0.0512. The average Bonchev–Trinajstić information content (AvgIpc) is 2.27. The van der Waals surface area contributed by atoms with Crippen molar-refractivity contribution in [3.05, 3.63) is 28.3 Å². The maximum absolute atomic E-state index is 11.4. The number of nitro benzene ring substituents is 1. The lowest BCUT2D eigenvalue weighted by Crippen LogP contribution is -2.36. The van der Waals surface area contributed by atoms with Gasteiger partial charge >= 0.3 is 0 Å². The second kappa shape index (κ2) is 3.80. The highest BCUT2D eigenvalue weighted by Gasteiger charge is 2.27. The molecule has 0 bridgehead atoms. The molecule has 1 N–H and O–H groups in total. The quantitative estimate of drug-likeness (QED) is 0.610. The summed E-state index contributed by atoms with van der Waals surface area (Å²) in [6.45, 7) is 1.81.